The molecule has 1 unspecified atom stereocenters. The second kappa shape index (κ2) is 7.18. The van der Waals surface area contributed by atoms with E-state index in [1.807, 2.05) is 0 Å². The smallest absolute Gasteiger partial charge is 0.326 e. The van der Waals surface area contributed by atoms with E-state index in [2.05, 4.69) is 15.6 Å². The number of aromatic nitrogens is 1. The zero-order valence-corrected chi connectivity index (χ0v) is 12.9. The fourth-order valence-corrected chi connectivity index (χ4v) is 2.46. The van der Waals surface area contributed by atoms with Crippen LogP contribution in [0.3, 0.4) is 0 Å². The monoisotopic (exact) mass is 340 g/mol. The molecule has 1 heterocycles. The third-order valence-electron chi connectivity index (χ3n) is 3.20. The Balaban J connectivity index is 1.93. The number of rotatable bonds is 8. The lowest BCUT2D eigenvalue weighted by molar-refractivity contribution is -0.139. The summed E-state index contributed by atoms with van der Waals surface area (Å²) in [6.45, 7) is 0. The minimum Gasteiger partial charge on any atom is -0.480 e. The van der Waals surface area contributed by atoms with Crippen molar-refractivity contribution in [1.29, 1.82) is 0 Å². The summed E-state index contributed by atoms with van der Waals surface area (Å²) in [6.07, 6.45) is 1.44. The standard InChI is InChI=1S/C13H16N4O5S/c14-9(18)4-3-7(12(21)22)15-11(20)8-5-23-13(16-8)17-10(19)6-1-2-6/h5-7H,1-4H2,(H2,14,18)(H,15,20)(H,21,22)(H,16,17,19). The first-order valence-electron chi connectivity index (χ1n) is 6.95. The highest BCUT2D eigenvalue weighted by Gasteiger charge is 2.30. The van der Waals surface area contributed by atoms with E-state index in [1.54, 1.807) is 0 Å². The Morgan fingerprint density at radius 2 is 2.09 bits per heavy atom. The SMILES string of the molecule is NC(=O)CCC(NC(=O)c1csc(NC(=O)C2CC2)n1)C(=O)O. The van der Waals surface area contributed by atoms with Gasteiger partial charge in [-0.25, -0.2) is 9.78 Å². The Morgan fingerprint density at radius 3 is 2.65 bits per heavy atom. The quantitative estimate of drug-likeness (QED) is 0.520. The number of anilines is 1. The van der Waals surface area contributed by atoms with E-state index >= 15 is 0 Å². The van der Waals surface area contributed by atoms with Gasteiger partial charge in [0.25, 0.3) is 5.91 Å². The van der Waals surface area contributed by atoms with Gasteiger partial charge >= 0.3 is 5.97 Å². The van der Waals surface area contributed by atoms with Crippen molar-refractivity contribution < 1.29 is 24.3 Å². The van der Waals surface area contributed by atoms with Crippen LogP contribution in [-0.2, 0) is 14.4 Å². The van der Waals surface area contributed by atoms with E-state index in [4.69, 9.17) is 10.8 Å². The number of carbonyl (C=O) groups excluding carboxylic acids is 3. The van der Waals surface area contributed by atoms with E-state index in [0.717, 1.165) is 24.2 Å². The molecule has 1 saturated carbocycles. The maximum Gasteiger partial charge on any atom is 0.326 e. The average molecular weight is 340 g/mol. The van der Waals surface area contributed by atoms with E-state index in [0.29, 0.717) is 0 Å². The zero-order valence-electron chi connectivity index (χ0n) is 12.1. The molecule has 1 aliphatic rings. The molecule has 10 heteroatoms. The molecule has 0 saturated heterocycles. The van der Waals surface area contributed by atoms with Crippen LogP contribution in [0.4, 0.5) is 5.13 Å². The van der Waals surface area contributed by atoms with Crippen LogP contribution in [0.25, 0.3) is 0 Å². The molecule has 0 radical (unpaired) electrons. The fraction of sp³-hybridized carbons (Fsp3) is 0.462. The molecular weight excluding hydrogens is 324 g/mol. The number of thiazole rings is 1. The first kappa shape index (κ1) is 16.9. The number of nitrogens with two attached hydrogens (primary N) is 1. The van der Waals surface area contributed by atoms with Crippen LogP contribution in [0.5, 0.6) is 0 Å². The summed E-state index contributed by atoms with van der Waals surface area (Å²) >= 11 is 1.08. The highest BCUT2D eigenvalue weighted by Crippen LogP contribution is 2.30. The molecule has 3 amide bonds. The van der Waals surface area contributed by atoms with Gasteiger partial charge in [0.1, 0.15) is 11.7 Å². The molecule has 2 rings (SSSR count). The molecule has 1 fully saturated rings. The normalized spacial score (nSPS) is 14.8. The van der Waals surface area contributed by atoms with Crippen LogP contribution < -0.4 is 16.4 Å². The Hall–Kier alpha value is -2.49. The van der Waals surface area contributed by atoms with Crippen molar-refractivity contribution in [3.8, 4) is 0 Å². The van der Waals surface area contributed by atoms with Crippen molar-refractivity contribution in [1.82, 2.24) is 10.3 Å². The highest BCUT2D eigenvalue weighted by atomic mass is 32.1. The molecule has 23 heavy (non-hydrogen) atoms. The van der Waals surface area contributed by atoms with Crippen molar-refractivity contribution >= 4 is 40.2 Å². The average Bonchev–Trinajstić information content (AvgIpc) is 3.23. The van der Waals surface area contributed by atoms with E-state index in [9.17, 15) is 19.2 Å². The van der Waals surface area contributed by atoms with E-state index in [1.165, 1.54) is 5.38 Å². The zero-order chi connectivity index (χ0) is 17.0. The third kappa shape index (κ3) is 5.02. The van der Waals surface area contributed by atoms with Gasteiger partial charge in [-0.05, 0) is 19.3 Å². The Bertz CT molecular complexity index is 640. The maximum atomic E-state index is 12.0. The number of hydrogen-bond acceptors (Lipinski definition) is 6. The molecule has 1 aromatic rings. The van der Waals surface area contributed by atoms with Gasteiger partial charge in [0, 0.05) is 17.7 Å². The van der Waals surface area contributed by atoms with Crippen molar-refractivity contribution in [3.63, 3.8) is 0 Å². The van der Waals surface area contributed by atoms with Gasteiger partial charge < -0.3 is 21.5 Å². The second-order valence-electron chi connectivity index (χ2n) is 5.17. The number of aliphatic carboxylic acids is 1. The number of carboxylic acid groups (broad SMARTS) is 1. The van der Waals surface area contributed by atoms with Crippen molar-refractivity contribution in [2.75, 3.05) is 5.32 Å². The van der Waals surface area contributed by atoms with Crippen molar-refractivity contribution in [3.05, 3.63) is 11.1 Å². The van der Waals surface area contributed by atoms with Gasteiger partial charge in [-0.2, -0.15) is 0 Å². The summed E-state index contributed by atoms with van der Waals surface area (Å²) in [5.41, 5.74) is 4.97. The first-order chi connectivity index (χ1) is 10.9. The number of primary amides is 1. The van der Waals surface area contributed by atoms with Gasteiger partial charge in [-0.3, -0.25) is 14.4 Å². The summed E-state index contributed by atoms with van der Waals surface area (Å²) in [6, 6.07) is -1.23. The molecule has 1 aliphatic carbocycles. The predicted octanol–water partition coefficient (Wildman–Crippen LogP) is -0.0599. The number of carbonyl (C=O) groups is 4. The number of carboxylic acids is 1. The lowest BCUT2D eigenvalue weighted by Crippen LogP contribution is -2.41. The molecule has 124 valence electrons. The van der Waals surface area contributed by atoms with Gasteiger partial charge in [0.05, 0.1) is 0 Å². The van der Waals surface area contributed by atoms with Gasteiger partial charge in [-0.15, -0.1) is 11.3 Å². The summed E-state index contributed by atoms with van der Waals surface area (Å²) < 4.78 is 0. The minimum atomic E-state index is -1.27. The number of nitrogens with one attached hydrogen (secondary N) is 2. The molecule has 1 aromatic heterocycles. The Labute approximate surface area is 135 Å². The minimum absolute atomic E-state index is 0.00595. The molecule has 0 aliphatic heterocycles. The number of hydrogen-bond donors (Lipinski definition) is 4. The molecule has 1 atom stereocenters. The second-order valence-corrected chi connectivity index (χ2v) is 6.03. The van der Waals surface area contributed by atoms with Gasteiger partial charge in [0.2, 0.25) is 11.8 Å². The summed E-state index contributed by atoms with van der Waals surface area (Å²) in [5, 5.41) is 15.6. The van der Waals surface area contributed by atoms with Crippen molar-refractivity contribution in [2.45, 2.75) is 31.7 Å². The van der Waals surface area contributed by atoms with E-state index in [-0.39, 0.29) is 35.5 Å². The molecule has 0 bridgehead atoms. The van der Waals surface area contributed by atoms with E-state index < -0.39 is 23.8 Å². The summed E-state index contributed by atoms with van der Waals surface area (Å²) in [5.74, 6) is -2.72. The van der Waals surface area contributed by atoms with Crippen LogP contribution in [0.15, 0.2) is 5.38 Å². The highest BCUT2D eigenvalue weighted by molar-refractivity contribution is 7.14. The molecule has 0 spiro atoms. The first-order valence-corrected chi connectivity index (χ1v) is 7.83. The molecular formula is C13H16N4O5S. The topological polar surface area (TPSA) is 151 Å². The van der Waals surface area contributed by atoms with Gasteiger partial charge in [0.15, 0.2) is 5.13 Å². The molecule has 0 aromatic carbocycles. The lowest BCUT2D eigenvalue weighted by Gasteiger charge is -2.12. The predicted molar refractivity (Wildman–Crippen MR) is 80.8 cm³/mol. The van der Waals surface area contributed by atoms with Crippen LogP contribution >= 0.6 is 11.3 Å². The summed E-state index contributed by atoms with van der Waals surface area (Å²) in [7, 11) is 0. The number of amides is 3. The number of nitrogens with zero attached hydrogens (tertiary/aromatic N) is 1. The Kier molecular flexibility index (Phi) is 5.27. The fourth-order valence-electron chi connectivity index (χ4n) is 1.76. The Morgan fingerprint density at radius 1 is 1.39 bits per heavy atom. The lowest BCUT2D eigenvalue weighted by atomic mass is 10.1. The van der Waals surface area contributed by atoms with Crippen LogP contribution in [-0.4, -0.2) is 39.8 Å². The van der Waals surface area contributed by atoms with Crippen LogP contribution in [0, 0.1) is 5.92 Å². The largest absolute Gasteiger partial charge is 0.480 e. The molecule has 5 N–H and O–H groups in total. The van der Waals surface area contributed by atoms with Crippen molar-refractivity contribution in [2.24, 2.45) is 11.7 Å². The van der Waals surface area contributed by atoms with Crippen LogP contribution in [0.1, 0.15) is 36.2 Å². The van der Waals surface area contributed by atoms with Gasteiger partial charge in [-0.1, -0.05) is 0 Å². The summed E-state index contributed by atoms with van der Waals surface area (Å²) in [4.78, 5) is 49.3. The van der Waals surface area contributed by atoms with Crippen LogP contribution in [0.2, 0.25) is 0 Å². The molecule has 9 nitrogen and oxygen atoms in total. The third-order valence-corrected chi connectivity index (χ3v) is 3.96. The maximum absolute atomic E-state index is 12.0.